The summed E-state index contributed by atoms with van der Waals surface area (Å²) >= 11 is 3.32. The molecule has 0 aliphatic carbocycles. The summed E-state index contributed by atoms with van der Waals surface area (Å²) in [4.78, 5) is 4.42. The highest BCUT2D eigenvalue weighted by atomic mass is 79.9. The van der Waals surface area contributed by atoms with Gasteiger partial charge in [0.2, 0.25) is 0 Å². The van der Waals surface area contributed by atoms with Crippen LogP contribution in [0.3, 0.4) is 0 Å². The predicted molar refractivity (Wildman–Crippen MR) is 65.8 cm³/mol. The van der Waals surface area contributed by atoms with Gasteiger partial charge in [-0.2, -0.15) is 10.2 Å². The van der Waals surface area contributed by atoms with Crippen molar-refractivity contribution in [2.45, 2.75) is 6.10 Å². The van der Waals surface area contributed by atoms with E-state index in [-0.39, 0.29) is 6.10 Å². The van der Waals surface area contributed by atoms with Gasteiger partial charge in [-0.1, -0.05) is 0 Å². The molecule has 1 fully saturated rings. The van der Waals surface area contributed by atoms with E-state index in [0.29, 0.717) is 31.5 Å². The summed E-state index contributed by atoms with van der Waals surface area (Å²) in [5.74, 6) is 1.28. The second-order valence-electron chi connectivity index (χ2n) is 3.95. The third-order valence-electron chi connectivity index (χ3n) is 2.70. The molecule has 2 aromatic heterocycles. The SMILES string of the molecule is Cn1nc(Br)cc1-c1n[nH]c(C2COCCO2)n1. The Morgan fingerprint density at radius 2 is 2.39 bits per heavy atom. The lowest BCUT2D eigenvalue weighted by molar-refractivity contribution is -0.0933. The fraction of sp³-hybridized carbons (Fsp3) is 0.500. The fourth-order valence-electron chi connectivity index (χ4n) is 1.82. The predicted octanol–water partition coefficient (Wildman–Crippen LogP) is 1.06. The highest BCUT2D eigenvalue weighted by Crippen LogP contribution is 2.22. The number of hydrogen-bond acceptors (Lipinski definition) is 5. The molecule has 1 aliphatic rings. The maximum atomic E-state index is 5.56. The van der Waals surface area contributed by atoms with Gasteiger partial charge in [-0.25, -0.2) is 4.98 Å². The third kappa shape index (κ3) is 2.18. The smallest absolute Gasteiger partial charge is 0.199 e. The van der Waals surface area contributed by atoms with Crippen LogP contribution in [0.4, 0.5) is 0 Å². The number of rotatable bonds is 2. The van der Waals surface area contributed by atoms with E-state index in [1.807, 2.05) is 13.1 Å². The molecule has 3 heterocycles. The van der Waals surface area contributed by atoms with Crippen LogP contribution in [0.2, 0.25) is 0 Å². The maximum Gasteiger partial charge on any atom is 0.199 e. The lowest BCUT2D eigenvalue weighted by Crippen LogP contribution is -2.22. The van der Waals surface area contributed by atoms with Crippen molar-refractivity contribution in [2.24, 2.45) is 7.05 Å². The number of aryl methyl sites for hydroxylation is 1. The monoisotopic (exact) mass is 313 g/mol. The quantitative estimate of drug-likeness (QED) is 0.897. The Labute approximate surface area is 112 Å². The van der Waals surface area contributed by atoms with Crippen molar-refractivity contribution in [3.05, 3.63) is 16.5 Å². The van der Waals surface area contributed by atoms with Crippen molar-refractivity contribution in [1.82, 2.24) is 25.0 Å². The minimum absolute atomic E-state index is 0.170. The van der Waals surface area contributed by atoms with Crippen molar-refractivity contribution in [3.8, 4) is 11.5 Å². The molecule has 1 aliphatic heterocycles. The van der Waals surface area contributed by atoms with Gasteiger partial charge in [-0.05, 0) is 15.9 Å². The highest BCUT2D eigenvalue weighted by Gasteiger charge is 2.21. The van der Waals surface area contributed by atoms with Crippen LogP contribution in [-0.4, -0.2) is 44.8 Å². The number of nitrogens with one attached hydrogen (secondary N) is 1. The van der Waals surface area contributed by atoms with Gasteiger partial charge >= 0.3 is 0 Å². The van der Waals surface area contributed by atoms with E-state index >= 15 is 0 Å². The number of nitrogens with zero attached hydrogens (tertiary/aromatic N) is 4. The molecule has 2 aromatic rings. The number of H-pyrrole nitrogens is 1. The maximum absolute atomic E-state index is 5.56. The largest absolute Gasteiger partial charge is 0.376 e. The van der Waals surface area contributed by atoms with E-state index in [1.54, 1.807) is 4.68 Å². The summed E-state index contributed by atoms with van der Waals surface area (Å²) in [6.45, 7) is 1.72. The highest BCUT2D eigenvalue weighted by molar-refractivity contribution is 9.10. The second-order valence-corrected chi connectivity index (χ2v) is 4.77. The first-order valence-electron chi connectivity index (χ1n) is 5.55. The molecule has 0 aromatic carbocycles. The topological polar surface area (TPSA) is 77.9 Å². The molecule has 1 saturated heterocycles. The molecule has 1 N–H and O–H groups in total. The van der Waals surface area contributed by atoms with Gasteiger partial charge in [0.1, 0.15) is 16.4 Å². The average Bonchev–Trinajstić information content (AvgIpc) is 2.97. The zero-order valence-electron chi connectivity index (χ0n) is 9.76. The number of ether oxygens (including phenoxy) is 2. The number of aromatic amines is 1. The van der Waals surface area contributed by atoms with E-state index in [2.05, 4.69) is 36.2 Å². The van der Waals surface area contributed by atoms with E-state index in [9.17, 15) is 0 Å². The zero-order valence-corrected chi connectivity index (χ0v) is 11.3. The molecule has 0 amide bonds. The van der Waals surface area contributed by atoms with Crippen LogP contribution in [0.1, 0.15) is 11.9 Å². The molecule has 0 saturated carbocycles. The van der Waals surface area contributed by atoms with Crippen LogP contribution in [0.5, 0.6) is 0 Å². The minimum atomic E-state index is -0.170. The van der Waals surface area contributed by atoms with Crippen molar-refractivity contribution < 1.29 is 9.47 Å². The molecule has 8 heteroatoms. The molecule has 0 spiro atoms. The van der Waals surface area contributed by atoms with E-state index < -0.39 is 0 Å². The van der Waals surface area contributed by atoms with Gasteiger partial charge < -0.3 is 9.47 Å². The van der Waals surface area contributed by atoms with E-state index in [1.165, 1.54) is 0 Å². The van der Waals surface area contributed by atoms with Crippen LogP contribution in [0.25, 0.3) is 11.5 Å². The van der Waals surface area contributed by atoms with Crippen LogP contribution in [0, 0.1) is 0 Å². The number of halogens is 1. The molecule has 18 heavy (non-hydrogen) atoms. The molecule has 7 nitrogen and oxygen atoms in total. The summed E-state index contributed by atoms with van der Waals surface area (Å²) in [6, 6.07) is 1.87. The van der Waals surface area contributed by atoms with Gasteiger partial charge in [0.15, 0.2) is 11.6 Å². The van der Waals surface area contributed by atoms with Crippen LogP contribution in [0.15, 0.2) is 10.7 Å². The second kappa shape index (κ2) is 4.79. The zero-order chi connectivity index (χ0) is 12.5. The van der Waals surface area contributed by atoms with Gasteiger partial charge in [0.05, 0.1) is 19.8 Å². The van der Waals surface area contributed by atoms with E-state index in [4.69, 9.17) is 9.47 Å². The molecule has 0 radical (unpaired) electrons. The van der Waals surface area contributed by atoms with Gasteiger partial charge in [-0.3, -0.25) is 9.78 Å². The Bertz CT molecular complexity index is 546. The van der Waals surface area contributed by atoms with Crippen molar-refractivity contribution in [2.75, 3.05) is 19.8 Å². The summed E-state index contributed by atoms with van der Waals surface area (Å²) in [5, 5.41) is 11.3. The lowest BCUT2D eigenvalue weighted by Gasteiger charge is -2.20. The first kappa shape index (κ1) is 11.8. The molecule has 96 valence electrons. The van der Waals surface area contributed by atoms with Gasteiger partial charge in [0.25, 0.3) is 0 Å². The summed E-state index contributed by atoms with van der Waals surface area (Å²) < 4.78 is 13.4. The number of hydrogen-bond donors (Lipinski definition) is 1. The fourth-order valence-corrected chi connectivity index (χ4v) is 2.27. The first-order chi connectivity index (χ1) is 8.74. The Morgan fingerprint density at radius 1 is 1.50 bits per heavy atom. The van der Waals surface area contributed by atoms with Crippen LogP contribution >= 0.6 is 15.9 Å². The molecule has 1 atom stereocenters. The summed E-state index contributed by atoms with van der Waals surface area (Å²) in [7, 11) is 1.84. The Kier molecular flexibility index (Phi) is 3.14. The summed E-state index contributed by atoms with van der Waals surface area (Å²) in [5.41, 5.74) is 0.834. The van der Waals surface area contributed by atoms with Gasteiger partial charge in [-0.15, -0.1) is 0 Å². The van der Waals surface area contributed by atoms with Crippen molar-refractivity contribution >= 4 is 15.9 Å². The average molecular weight is 314 g/mol. The third-order valence-corrected chi connectivity index (χ3v) is 3.09. The number of aromatic nitrogens is 5. The molecule has 0 bridgehead atoms. The van der Waals surface area contributed by atoms with Crippen molar-refractivity contribution in [3.63, 3.8) is 0 Å². The summed E-state index contributed by atoms with van der Waals surface area (Å²) in [6.07, 6.45) is -0.170. The van der Waals surface area contributed by atoms with Crippen LogP contribution in [-0.2, 0) is 16.5 Å². The van der Waals surface area contributed by atoms with Crippen molar-refractivity contribution in [1.29, 1.82) is 0 Å². The molecular weight excluding hydrogens is 302 g/mol. The normalized spacial score (nSPS) is 20.2. The lowest BCUT2D eigenvalue weighted by atomic mass is 10.3. The molecular formula is C10H12BrN5O2. The van der Waals surface area contributed by atoms with E-state index in [0.717, 1.165) is 10.3 Å². The minimum Gasteiger partial charge on any atom is -0.376 e. The molecule has 3 rings (SSSR count). The molecule has 1 unspecified atom stereocenters. The van der Waals surface area contributed by atoms with Gasteiger partial charge in [0, 0.05) is 13.1 Å². The standard InChI is InChI=1S/C10H12BrN5O2/c1-16-6(4-8(11)15-16)9-12-10(14-13-9)7-5-17-2-3-18-7/h4,7H,2-3,5H2,1H3,(H,12,13,14). The van der Waals surface area contributed by atoms with Crippen LogP contribution < -0.4 is 0 Å². The first-order valence-corrected chi connectivity index (χ1v) is 6.35. The Morgan fingerprint density at radius 3 is 3.06 bits per heavy atom. The Balaban J connectivity index is 1.86. The Hall–Kier alpha value is -1.25.